The van der Waals surface area contributed by atoms with E-state index in [2.05, 4.69) is 20.3 Å². The van der Waals surface area contributed by atoms with Crippen LogP contribution in [0.4, 0.5) is 0 Å². The monoisotopic (exact) mass is 363 g/mol. The Labute approximate surface area is 155 Å². The molecule has 2 aromatic carbocycles. The molecule has 7 heteroatoms. The van der Waals surface area contributed by atoms with E-state index in [4.69, 9.17) is 4.42 Å². The third-order valence-electron chi connectivity index (χ3n) is 3.86. The fourth-order valence-electron chi connectivity index (χ4n) is 2.43. The van der Waals surface area contributed by atoms with Crippen LogP contribution in [0.5, 0.6) is 0 Å². The first-order chi connectivity index (χ1) is 12.7. The van der Waals surface area contributed by atoms with Crippen molar-refractivity contribution in [1.82, 2.24) is 25.0 Å². The Bertz CT molecular complexity index is 994. The highest BCUT2D eigenvalue weighted by Crippen LogP contribution is 2.33. The van der Waals surface area contributed by atoms with Crippen molar-refractivity contribution < 1.29 is 4.42 Å². The second kappa shape index (κ2) is 7.13. The highest BCUT2D eigenvalue weighted by molar-refractivity contribution is 7.99. The minimum absolute atomic E-state index is 0.0479. The first-order valence-corrected chi connectivity index (χ1v) is 9.11. The van der Waals surface area contributed by atoms with Crippen LogP contribution in [0.1, 0.15) is 23.6 Å². The smallest absolute Gasteiger partial charge is 0.247 e. The number of thioether (sulfide) groups is 1. The maximum absolute atomic E-state index is 5.83. The Balaban J connectivity index is 1.48. The lowest BCUT2D eigenvalue weighted by atomic mass is 10.1. The van der Waals surface area contributed by atoms with Gasteiger partial charge in [0.2, 0.25) is 16.9 Å². The van der Waals surface area contributed by atoms with Crippen molar-refractivity contribution in [3.05, 3.63) is 72.4 Å². The third kappa shape index (κ3) is 3.52. The molecule has 0 radical (unpaired) electrons. The van der Waals surface area contributed by atoms with E-state index < -0.39 is 0 Å². The molecule has 0 aliphatic rings. The van der Waals surface area contributed by atoms with Gasteiger partial charge >= 0.3 is 0 Å². The van der Waals surface area contributed by atoms with Gasteiger partial charge in [-0.1, -0.05) is 47.7 Å². The van der Waals surface area contributed by atoms with E-state index in [0.29, 0.717) is 16.9 Å². The molecule has 0 spiro atoms. The van der Waals surface area contributed by atoms with Gasteiger partial charge in [-0.25, -0.2) is 9.67 Å². The van der Waals surface area contributed by atoms with Gasteiger partial charge < -0.3 is 4.42 Å². The van der Waals surface area contributed by atoms with Crippen LogP contribution in [0.3, 0.4) is 0 Å². The van der Waals surface area contributed by atoms with Gasteiger partial charge in [-0.2, -0.15) is 0 Å². The van der Waals surface area contributed by atoms with Crippen LogP contribution in [0, 0.1) is 6.92 Å². The van der Waals surface area contributed by atoms with Gasteiger partial charge in [0.25, 0.3) is 0 Å². The third-order valence-corrected chi connectivity index (χ3v) is 4.81. The Kier molecular flexibility index (Phi) is 4.53. The normalized spacial score (nSPS) is 12.2. The summed E-state index contributed by atoms with van der Waals surface area (Å²) >= 11 is 1.48. The van der Waals surface area contributed by atoms with Crippen molar-refractivity contribution in [1.29, 1.82) is 0 Å². The summed E-state index contributed by atoms with van der Waals surface area (Å²) in [6, 6.07) is 17.9. The standard InChI is InChI=1S/C19H17N5OS/c1-13-8-10-15(11-9-13)18-22-21-17(25-18)14(2)26-19-20-12-24(23-19)16-6-4-3-5-7-16/h3-12,14H,1-2H3. The summed E-state index contributed by atoms with van der Waals surface area (Å²) in [4.78, 5) is 4.36. The number of hydrogen-bond acceptors (Lipinski definition) is 6. The second-order valence-electron chi connectivity index (χ2n) is 5.88. The van der Waals surface area contributed by atoms with E-state index in [0.717, 1.165) is 11.3 Å². The Morgan fingerprint density at radius 1 is 1.00 bits per heavy atom. The molecule has 0 aliphatic carbocycles. The van der Waals surface area contributed by atoms with Crippen LogP contribution in [0.25, 0.3) is 17.1 Å². The number of rotatable bonds is 5. The quantitative estimate of drug-likeness (QED) is 0.487. The Hall–Kier alpha value is -2.93. The summed E-state index contributed by atoms with van der Waals surface area (Å²) in [5.41, 5.74) is 3.08. The minimum Gasteiger partial charge on any atom is -0.419 e. The first-order valence-electron chi connectivity index (χ1n) is 8.23. The average molecular weight is 363 g/mol. The van der Waals surface area contributed by atoms with Gasteiger partial charge in [0.15, 0.2) is 0 Å². The molecule has 0 saturated carbocycles. The molecule has 2 aromatic heterocycles. The second-order valence-corrected chi connectivity index (χ2v) is 7.19. The maximum Gasteiger partial charge on any atom is 0.247 e. The van der Waals surface area contributed by atoms with Gasteiger partial charge in [0, 0.05) is 5.56 Å². The van der Waals surface area contributed by atoms with Crippen molar-refractivity contribution >= 4 is 11.8 Å². The zero-order valence-electron chi connectivity index (χ0n) is 14.4. The predicted molar refractivity (Wildman–Crippen MR) is 100 cm³/mol. The maximum atomic E-state index is 5.83. The zero-order valence-corrected chi connectivity index (χ0v) is 15.2. The van der Waals surface area contributed by atoms with Crippen molar-refractivity contribution in [2.24, 2.45) is 0 Å². The molecule has 6 nitrogen and oxygen atoms in total. The lowest BCUT2D eigenvalue weighted by molar-refractivity contribution is 0.509. The van der Waals surface area contributed by atoms with E-state index in [-0.39, 0.29) is 5.25 Å². The topological polar surface area (TPSA) is 69.6 Å². The fourth-order valence-corrected chi connectivity index (χ4v) is 3.18. The summed E-state index contributed by atoms with van der Waals surface area (Å²) in [5.74, 6) is 1.08. The minimum atomic E-state index is -0.0479. The predicted octanol–water partition coefficient (Wildman–Crippen LogP) is 4.48. The molecule has 0 fully saturated rings. The number of hydrogen-bond donors (Lipinski definition) is 0. The first kappa shape index (κ1) is 16.5. The van der Waals surface area contributed by atoms with Crippen molar-refractivity contribution in [2.45, 2.75) is 24.3 Å². The van der Waals surface area contributed by atoms with Crippen LogP contribution in [0.15, 0.2) is 70.5 Å². The van der Waals surface area contributed by atoms with E-state index in [1.165, 1.54) is 17.3 Å². The lowest BCUT2D eigenvalue weighted by Gasteiger charge is -2.03. The molecular weight excluding hydrogens is 346 g/mol. The van der Waals surface area contributed by atoms with Crippen LogP contribution in [-0.2, 0) is 0 Å². The summed E-state index contributed by atoms with van der Waals surface area (Å²) in [6.07, 6.45) is 1.70. The zero-order chi connectivity index (χ0) is 17.9. The summed E-state index contributed by atoms with van der Waals surface area (Å²) in [6.45, 7) is 4.05. The number of aryl methyl sites for hydroxylation is 1. The molecular formula is C19H17N5OS. The van der Waals surface area contributed by atoms with Crippen LogP contribution in [-0.4, -0.2) is 25.0 Å². The number of aromatic nitrogens is 5. The molecule has 26 heavy (non-hydrogen) atoms. The van der Waals surface area contributed by atoms with Crippen molar-refractivity contribution in [3.8, 4) is 17.1 Å². The van der Waals surface area contributed by atoms with Crippen molar-refractivity contribution in [3.63, 3.8) is 0 Å². The molecule has 0 N–H and O–H groups in total. The lowest BCUT2D eigenvalue weighted by Crippen LogP contribution is -1.94. The van der Waals surface area contributed by atoms with E-state index in [9.17, 15) is 0 Å². The number of benzene rings is 2. The van der Waals surface area contributed by atoms with Crippen LogP contribution >= 0.6 is 11.8 Å². The summed E-state index contributed by atoms with van der Waals surface area (Å²) in [7, 11) is 0. The largest absolute Gasteiger partial charge is 0.419 e. The van der Waals surface area contributed by atoms with Gasteiger partial charge in [0.1, 0.15) is 6.33 Å². The molecule has 0 saturated heterocycles. The molecule has 4 aromatic rings. The molecule has 0 bridgehead atoms. The highest BCUT2D eigenvalue weighted by Gasteiger charge is 2.18. The van der Waals surface area contributed by atoms with E-state index in [1.807, 2.05) is 68.4 Å². The molecule has 130 valence electrons. The molecule has 4 rings (SSSR count). The molecule has 1 atom stereocenters. The number of para-hydroxylation sites is 1. The van der Waals surface area contributed by atoms with E-state index in [1.54, 1.807) is 11.0 Å². The van der Waals surface area contributed by atoms with Gasteiger partial charge in [-0.3, -0.25) is 0 Å². The van der Waals surface area contributed by atoms with Gasteiger partial charge in [0.05, 0.1) is 10.9 Å². The molecule has 0 aliphatic heterocycles. The van der Waals surface area contributed by atoms with Gasteiger partial charge in [-0.05, 0) is 38.1 Å². The van der Waals surface area contributed by atoms with Crippen LogP contribution < -0.4 is 0 Å². The van der Waals surface area contributed by atoms with Crippen molar-refractivity contribution in [2.75, 3.05) is 0 Å². The Morgan fingerprint density at radius 2 is 1.77 bits per heavy atom. The summed E-state index contributed by atoms with van der Waals surface area (Å²) in [5, 5.41) is 13.4. The molecule has 2 heterocycles. The summed E-state index contributed by atoms with van der Waals surface area (Å²) < 4.78 is 7.58. The van der Waals surface area contributed by atoms with E-state index >= 15 is 0 Å². The highest BCUT2D eigenvalue weighted by atomic mass is 32.2. The Morgan fingerprint density at radius 3 is 2.54 bits per heavy atom. The van der Waals surface area contributed by atoms with Gasteiger partial charge in [-0.15, -0.1) is 15.3 Å². The van der Waals surface area contributed by atoms with Crippen LogP contribution in [0.2, 0.25) is 0 Å². The number of nitrogens with zero attached hydrogens (tertiary/aromatic N) is 5. The average Bonchev–Trinajstić information content (AvgIpc) is 3.33. The molecule has 0 amide bonds. The molecule has 1 unspecified atom stereocenters. The fraction of sp³-hybridized carbons (Fsp3) is 0.158. The SMILES string of the molecule is Cc1ccc(-c2nnc(C(C)Sc3ncn(-c4ccccc4)n3)o2)cc1.